The molecule has 2 aromatic rings. The summed E-state index contributed by atoms with van der Waals surface area (Å²) < 4.78 is 22.3. The van der Waals surface area contributed by atoms with Crippen LogP contribution in [-0.2, 0) is 41.5 Å². The molecule has 5 unspecified atom stereocenters. The first kappa shape index (κ1) is 35.5. The van der Waals surface area contributed by atoms with Gasteiger partial charge in [-0.3, -0.25) is 19.7 Å². The number of carbonyl (C=O) groups is 2. The maximum atomic E-state index is 13.0. The quantitative estimate of drug-likeness (QED) is 0.140. The molecule has 3 N–H and O–H groups in total. The number of thiol groups is 1. The fourth-order valence-corrected chi connectivity index (χ4v) is 5.42. The third-order valence-electron chi connectivity index (χ3n) is 7.81. The molecule has 0 aliphatic carbocycles. The Morgan fingerprint density at radius 3 is 2.39 bits per heavy atom. The minimum atomic E-state index is -1.02. The minimum absolute atomic E-state index is 0.000491. The van der Waals surface area contributed by atoms with Crippen LogP contribution in [0.25, 0.3) is 0 Å². The van der Waals surface area contributed by atoms with Crippen LogP contribution in [0.4, 0.5) is 10.5 Å². The lowest BCUT2D eigenvalue weighted by molar-refractivity contribution is -0.384. The summed E-state index contributed by atoms with van der Waals surface area (Å²) in [6.45, 7) is 2.38. The maximum Gasteiger partial charge on any atom is 0.407 e. The Balaban J connectivity index is 0.000000892. The standard InChI is InChI=1S/C29H37N3O9.C2H4O2S/c33-26(18-31(41-23-10-13-37-14-11-23)17-21-6-8-22(9-7-21)32(35)36)25(16-20-4-2-1-3-5-20)30-29(34)40-27-19-39-28-24(27)12-15-38-28;3-2(4)1-5/h1-9,23-28,33H,10-19H2,(H,30,34);5H,1H2,(H,3,4). The average Bonchev–Trinajstić information content (AvgIpc) is 3.67. The molecule has 0 bridgehead atoms. The zero-order chi connectivity index (χ0) is 32.9. The Kier molecular flexibility index (Phi) is 14.0. The number of nitro benzene ring substituents is 1. The molecule has 0 saturated carbocycles. The number of rotatable bonds is 13. The van der Waals surface area contributed by atoms with Gasteiger partial charge in [-0.25, -0.2) is 4.79 Å². The van der Waals surface area contributed by atoms with Crippen molar-refractivity contribution in [3.05, 3.63) is 75.8 Å². The summed E-state index contributed by atoms with van der Waals surface area (Å²) in [6.07, 6.45) is 0.0577. The normalized spacial score (nSPS) is 22.3. The van der Waals surface area contributed by atoms with Crippen LogP contribution in [0.2, 0.25) is 0 Å². The zero-order valence-electron chi connectivity index (χ0n) is 25.3. The van der Waals surface area contributed by atoms with Crippen molar-refractivity contribution < 1.29 is 48.5 Å². The van der Waals surface area contributed by atoms with Crippen LogP contribution in [0, 0.1) is 16.0 Å². The van der Waals surface area contributed by atoms with E-state index in [4.69, 9.17) is 28.9 Å². The molecule has 3 saturated heterocycles. The number of aliphatic hydroxyl groups is 1. The van der Waals surface area contributed by atoms with Gasteiger partial charge in [-0.1, -0.05) is 42.5 Å². The van der Waals surface area contributed by atoms with Gasteiger partial charge in [0.1, 0.15) is 6.10 Å². The van der Waals surface area contributed by atoms with Gasteiger partial charge in [-0.15, -0.1) is 0 Å². The van der Waals surface area contributed by atoms with Crippen molar-refractivity contribution >= 4 is 30.4 Å². The van der Waals surface area contributed by atoms with E-state index in [-0.39, 0.29) is 49.4 Å². The molecule has 252 valence electrons. The third kappa shape index (κ3) is 11.2. The molecule has 14 nitrogen and oxygen atoms in total. The molecular weight excluding hydrogens is 622 g/mol. The number of carboxylic acids is 1. The highest BCUT2D eigenvalue weighted by Crippen LogP contribution is 2.33. The van der Waals surface area contributed by atoms with Gasteiger partial charge in [-0.2, -0.15) is 17.7 Å². The first-order chi connectivity index (χ1) is 22.2. The van der Waals surface area contributed by atoms with Crippen molar-refractivity contribution in [2.75, 3.05) is 38.7 Å². The van der Waals surface area contributed by atoms with Gasteiger partial charge in [0, 0.05) is 31.9 Å². The molecule has 0 radical (unpaired) electrons. The summed E-state index contributed by atoms with van der Waals surface area (Å²) in [7, 11) is 0. The number of nitro groups is 1. The van der Waals surface area contributed by atoms with Crippen molar-refractivity contribution in [1.29, 1.82) is 0 Å². The van der Waals surface area contributed by atoms with Gasteiger partial charge in [-0.05, 0) is 36.8 Å². The minimum Gasteiger partial charge on any atom is -0.481 e. The lowest BCUT2D eigenvalue weighted by atomic mass is 10.0. The Morgan fingerprint density at radius 2 is 1.74 bits per heavy atom. The van der Waals surface area contributed by atoms with E-state index in [1.165, 1.54) is 12.1 Å². The summed E-state index contributed by atoms with van der Waals surface area (Å²) in [6, 6.07) is 15.1. The Morgan fingerprint density at radius 1 is 1.04 bits per heavy atom. The van der Waals surface area contributed by atoms with E-state index in [2.05, 4.69) is 17.9 Å². The van der Waals surface area contributed by atoms with E-state index < -0.39 is 35.2 Å². The average molecular weight is 664 g/mol. The van der Waals surface area contributed by atoms with E-state index in [1.54, 1.807) is 17.2 Å². The second kappa shape index (κ2) is 18.1. The van der Waals surface area contributed by atoms with Crippen LogP contribution in [0.1, 0.15) is 30.4 Å². The van der Waals surface area contributed by atoms with Crippen LogP contribution >= 0.6 is 12.6 Å². The third-order valence-corrected chi connectivity index (χ3v) is 8.08. The number of aliphatic hydroxyl groups excluding tert-OH is 1. The molecule has 0 spiro atoms. The molecule has 3 fully saturated rings. The molecule has 3 heterocycles. The van der Waals surface area contributed by atoms with Crippen LogP contribution in [-0.4, -0.2) is 102 Å². The van der Waals surface area contributed by atoms with Crippen molar-refractivity contribution in [2.24, 2.45) is 5.92 Å². The topological polar surface area (TPSA) is 179 Å². The van der Waals surface area contributed by atoms with Gasteiger partial charge in [0.15, 0.2) is 6.29 Å². The molecular formula is C31H41N3O11S. The lowest BCUT2D eigenvalue weighted by Gasteiger charge is -2.33. The van der Waals surface area contributed by atoms with Crippen LogP contribution < -0.4 is 5.32 Å². The summed E-state index contributed by atoms with van der Waals surface area (Å²) in [5.41, 5.74) is 1.73. The van der Waals surface area contributed by atoms with E-state index >= 15 is 0 Å². The van der Waals surface area contributed by atoms with Crippen LogP contribution in [0.3, 0.4) is 0 Å². The summed E-state index contributed by atoms with van der Waals surface area (Å²) in [5.74, 6) is -0.961. The molecule has 0 aromatic heterocycles. The predicted octanol–water partition coefficient (Wildman–Crippen LogP) is 2.97. The molecule has 1 amide bonds. The Hall–Kier alpha value is -3.31. The summed E-state index contributed by atoms with van der Waals surface area (Å²) in [4.78, 5) is 39.2. The molecule has 46 heavy (non-hydrogen) atoms. The number of carboxylic acid groups (broad SMARTS) is 1. The molecule has 5 rings (SSSR count). The monoisotopic (exact) mass is 663 g/mol. The Labute approximate surface area is 272 Å². The van der Waals surface area contributed by atoms with E-state index in [9.17, 15) is 24.8 Å². The second-order valence-electron chi connectivity index (χ2n) is 11.2. The smallest absolute Gasteiger partial charge is 0.407 e. The van der Waals surface area contributed by atoms with Gasteiger partial charge in [0.2, 0.25) is 0 Å². The van der Waals surface area contributed by atoms with Crippen molar-refractivity contribution in [3.8, 4) is 0 Å². The number of fused-ring (bicyclic) bond motifs is 1. The fourth-order valence-electron chi connectivity index (χ4n) is 5.42. The number of aliphatic carboxylic acids is 1. The highest BCUT2D eigenvalue weighted by atomic mass is 32.1. The number of non-ortho nitro benzene ring substituents is 1. The highest BCUT2D eigenvalue weighted by Gasteiger charge is 2.44. The van der Waals surface area contributed by atoms with E-state index in [0.717, 1.165) is 17.5 Å². The van der Waals surface area contributed by atoms with Crippen LogP contribution in [0.5, 0.6) is 0 Å². The number of benzene rings is 2. The SMILES string of the molecule is O=C(NC(Cc1ccccc1)C(O)CN(Cc1ccc([N+](=O)[O-])cc1)OC1CCOCC1)OC1COC2OCCC12.O=C(O)CS. The fraction of sp³-hybridized carbons (Fsp3) is 0.548. The van der Waals surface area contributed by atoms with Gasteiger partial charge < -0.3 is 34.5 Å². The lowest BCUT2D eigenvalue weighted by Crippen LogP contribution is -2.51. The van der Waals surface area contributed by atoms with Gasteiger partial charge in [0.25, 0.3) is 5.69 Å². The highest BCUT2D eigenvalue weighted by molar-refractivity contribution is 7.81. The number of alkyl carbamates (subject to hydrolysis) is 1. The van der Waals surface area contributed by atoms with Gasteiger partial charge in [0.05, 0.1) is 54.6 Å². The molecule has 5 atom stereocenters. The number of ether oxygens (including phenoxy) is 4. The molecule has 2 aromatic carbocycles. The molecule has 3 aliphatic heterocycles. The molecule has 15 heteroatoms. The van der Waals surface area contributed by atoms with Crippen molar-refractivity contribution in [2.45, 2.75) is 62.9 Å². The number of amides is 1. The second-order valence-corrected chi connectivity index (χ2v) is 11.5. The molecule has 3 aliphatic rings. The van der Waals surface area contributed by atoms with Crippen LogP contribution in [0.15, 0.2) is 54.6 Å². The number of nitrogens with one attached hydrogen (secondary N) is 1. The zero-order valence-corrected chi connectivity index (χ0v) is 26.2. The first-order valence-corrected chi connectivity index (χ1v) is 15.8. The Bertz CT molecular complexity index is 1250. The maximum absolute atomic E-state index is 13.0. The number of hydrogen-bond donors (Lipinski definition) is 4. The number of carbonyl (C=O) groups excluding carboxylic acids is 1. The summed E-state index contributed by atoms with van der Waals surface area (Å²) >= 11 is 3.42. The van der Waals surface area contributed by atoms with Gasteiger partial charge >= 0.3 is 12.1 Å². The first-order valence-electron chi connectivity index (χ1n) is 15.2. The van der Waals surface area contributed by atoms with Crippen molar-refractivity contribution in [1.82, 2.24) is 10.4 Å². The number of hydroxylamine groups is 2. The van der Waals surface area contributed by atoms with E-state index in [0.29, 0.717) is 39.1 Å². The van der Waals surface area contributed by atoms with Crippen molar-refractivity contribution in [3.63, 3.8) is 0 Å². The largest absolute Gasteiger partial charge is 0.481 e. The summed E-state index contributed by atoms with van der Waals surface area (Å²) in [5, 5.41) is 34.8. The number of hydrogen-bond acceptors (Lipinski definition) is 12. The van der Waals surface area contributed by atoms with E-state index in [1.807, 2.05) is 30.3 Å². The number of nitrogens with zero attached hydrogens (tertiary/aromatic N) is 2. The predicted molar refractivity (Wildman–Crippen MR) is 167 cm³/mol.